The van der Waals surface area contributed by atoms with Gasteiger partial charge < -0.3 is 5.73 Å². The summed E-state index contributed by atoms with van der Waals surface area (Å²) in [5, 5.41) is 0. The number of nitrogen functional groups attached to an aromatic ring is 1. The molecule has 5 nitrogen and oxygen atoms in total. The van der Waals surface area contributed by atoms with Crippen LogP contribution >= 0.6 is 0 Å². The zero-order chi connectivity index (χ0) is 14.1. The molecule has 0 unspecified atom stereocenters. The van der Waals surface area contributed by atoms with Gasteiger partial charge in [0.2, 0.25) is 5.95 Å². The molecule has 2 N–H and O–H groups in total. The molecule has 2 aromatic rings. The molecule has 0 bridgehead atoms. The van der Waals surface area contributed by atoms with E-state index < -0.39 is 0 Å². The molecule has 0 aliphatic heterocycles. The minimum absolute atomic E-state index is 0.309. The fourth-order valence-electron chi connectivity index (χ4n) is 2.87. The van der Waals surface area contributed by atoms with E-state index >= 15 is 0 Å². The first-order valence-corrected chi connectivity index (χ1v) is 7.09. The van der Waals surface area contributed by atoms with E-state index in [0.29, 0.717) is 17.7 Å². The lowest BCUT2D eigenvalue weighted by Gasteiger charge is -2.10. The summed E-state index contributed by atoms with van der Waals surface area (Å²) >= 11 is 0. The molecule has 0 radical (unpaired) electrons. The predicted molar refractivity (Wildman–Crippen MR) is 78.2 cm³/mol. The van der Waals surface area contributed by atoms with Crippen LogP contribution < -0.4 is 5.73 Å². The molecule has 2 heterocycles. The largest absolute Gasteiger partial charge is 0.368 e. The van der Waals surface area contributed by atoms with E-state index in [2.05, 4.69) is 19.9 Å². The molecular formula is C15H19N5. The van der Waals surface area contributed by atoms with Gasteiger partial charge in [0.1, 0.15) is 5.82 Å². The van der Waals surface area contributed by atoms with Crippen molar-refractivity contribution in [1.82, 2.24) is 19.9 Å². The number of anilines is 1. The van der Waals surface area contributed by atoms with E-state index in [-0.39, 0.29) is 0 Å². The summed E-state index contributed by atoms with van der Waals surface area (Å²) in [6.45, 7) is 3.94. The number of aromatic nitrogens is 4. The first kappa shape index (κ1) is 13.0. The molecule has 0 aromatic carbocycles. The number of pyridine rings is 1. The quantitative estimate of drug-likeness (QED) is 0.907. The lowest BCUT2D eigenvalue weighted by Crippen LogP contribution is -2.08. The summed E-state index contributed by atoms with van der Waals surface area (Å²) in [6, 6.07) is 3.97. The molecule has 0 amide bonds. The predicted octanol–water partition coefficient (Wildman–Crippen LogP) is 2.79. The van der Waals surface area contributed by atoms with Gasteiger partial charge in [-0.15, -0.1) is 0 Å². The molecule has 0 spiro atoms. The standard InChI is InChI=1S/C15H19N5/c1-9-7-12(8-10(2)17-9)14-18-13(19-15(16)20-14)11-5-3-4-6-11/h7-8,11H,3-6H2,1-2H3,(H2,16,18,19,20). The first-order valence-electron chi connectivity index (χ1n) is 7.09. The molecule has 20 heavy (non-hydrogen) atoms. The van der Waals surface area contributed by atoms with Crippen molar-refractivity contribution < 1.29 is 0 Å². The van der Waals surface area contributed by atoms with Crippen LogP contribution in [-0.4, -0.2) is 19.9 Å². The third-order valence-electron chi connectivity index (χ3n) is 3.73. The molecular weight excluding hydrogens is 250 g/mol. The second-order valence-corrected chi connectivity index (χ2v) is 5.50. The van der Waals surface area contributed by atoms with Crippen LogP contribution in [0, 0.1) is 13.8 Å². The van der Waals surface area contributed by atoms with Crippen molar-refractivity contribution in [2.45, 2.75) is 45.4 Å². The van der Waals surface area contributed by atoms with Crippen LogP contribution in [0.4, 0.5) is 5.95 Å². The lowest BCUT2D eigenvalue weighted by atomic mass is 10.1. The Hall–Kier alpha value is -2.04. The summed E-state index contributed by atoms with van der Waals surface area (Å²) in [7, 11) is 0. The summed E-state index contributed by atoms with van der Waals surface area (Å²) in [5.74, 6) is 2.25. The van der Waals surface area contributed by atoms with Crippen molar-refractivity contribution in [3.8, 4) is 11.4 Å². The fraction of sp³-hybridized carbons (Fsp3) is 0.467. The van der Waals surface area contributed by atoms with Gasteiger partial charge in [0.05, 0.1) is 0 Å². The Kier molecular flexibility index (Phi) is 3.34. The zero-order valence-corrected chi connectivity index (χ0v) is 11.9. The first-order chi connectivity index (χ1) is 9.61. The zero-order valence-electron chi connectivity index (χ0n) is 11.9. The van der Waals surface area contributed by atoms with Crippen LogP contribution in [0.15, 0.2) is 12.1 Å². The maximum atomic E-state index is 5.86. The molecule has 1 aliphatic rings. The Morgan fingerprint density at radius 1 is 0.950 bits per heavy atom. The summed E-state index contributed by atoms with van der Waals surface area (Å²) in [6.07, 6.45) is 4.80. The molecule has 1 fully saturated rings. The smallest absolute Gasteiger partial charge is 0.223 e. The van der Waals surface area contributed by atoms with Gasteiger partial charge in [-0.1, -0.05) is 12.8 Å². The second-order valence-electron chi connectivity index (χ2n) is 5.50. The van der Waals surface area contributed by atoms with E-state index in [1.807, 2.05) is 26.0 Å². The van der Waals surface area contributed by atoms with Crippen molar-refractivity contribution in [2.24, 2.45) is 0 Å². The van der Waals surface area contributed by atoms with Gasteiger partial charge in [0.15, 0.2) is 5.82 Å². The number of aryl methyl sites for hydroxylation is 2. The molecule has 0 saturated heterocycles. The van der Waals surface area contributed by atoms with E-state index in [9.17, 15) is 0 Å². The van der Waals surface area contributed by atoms with E-state index in [1.165, 1.54) is 12.8 Å². The van der Waals surface area contributed by atoms with E-state index in [4.69, 9.17) is 5.73 Å². The number of hydrogen-bond donors (Lipinski definition) is 1. The average molecular weight is 269 g/mol. The minimum atomic E-state index is 0.309. The van der Waals surface area contributed by atoms with Crippen LogP contribution in [-0.2, 0) is 0 Å². The van der Waals surface area contributed by atoms with Gasteiger partial charge in [0, 0.05) is 22.9 Å². The monoisotopic (exact) mass is 269 g/mol. The van der Waals surface area contributed by atoms with Crippen LogP contribution in [0.3, 0.4) is 0 Å². The fourth-order valence-corrected chi connectivity index (χ4v) is 2.87. The van der Waals surface area contributed by atoms with Crippen molar-refractivity contribution >= 4 is 5.95 Å². The van der Waals surface area contributed by atoms with Gasteiger partial charge in [0.25, 0.3) is 0 Å². The third kappa shape index (κ3) is 2.61. The lowest BCUT2D eigenvalue weighted by molar-refractivity contribution is 0.665. The molecule has 0 atom stereocenters. The van der Waals surface area contributed by atoms with Crippen molar-refractivity contribution in [2.75, 3.05) is 5.73 Å². The summed E-state index contributed by atoms with van der Waals surface area (Å²) in [4.78, 5) is 17.6. The van der Waals surface area contributed by atoms with Gasteiger partial charge in [-0.2, -0.15) is 9.97 Å². The Morgan fingerprint density at radius 3 is 2.25 bits per heavy atom. The van der Waals surface area contributed by atoms with E-state index in [1.54, 1.807) is 0 Å². The highest BCUT2D eigenvalue weighted by molar-refractivity contribution is 5.56. The molecule has 1 saturated carbocycles. The number of hydrogen-bond acceptors (Lipinski definition) is 5. The summed E-state index contributed by atoms with van der Waals surface area (Å²) < 4.78 is 0. The van der Waals surface area contributed by atoms with Gasteiger partial charge in [-0.05, 0) is 38.8 Å². The van der Waals surface area contributed by atoms with Crippen LogP contribution in [0.1, 0.15) is 48.8 Å². The van der Waals surface area contributed by atoms with Crippen molar-refractivity contribution in [3.63, 3.8) is 0 Å². The van der Waals surface area contributed by atoms with Crippen LogP contribution in [0.2, 0.25) is 0 Å². The van der Waals surface area contributed by atoms with Crippen LogP contribution in [0.25, 0.3) is 11.4 Å². The van der Waals surface area contributed by atoms with Crippen molar-refractivity contribution in [1.29, 1.82) is 0 Å². The highest BCUT2D eigenvalue weighted by Gasteiger charge is 2.21. The molecule has 1 aliphatic carbocycles. The highest BCUT2D eigenvalue weighted by Crippen LogP contribution is 2.33. The Balaban J connectivity index is 2.04. The van der Waals surface area contributed by atoms with Crippen molar-refractivity contribution in [3.05, 3.63) is 29.3 Å². The van der Waals surface area contributed by atoms with Gasteiger partial charge in [-0.25, -0.2) is 4.98 Å². The normalized spacial score (nSPS) is 15.7. The molecule has 104 valence electrons. The highest BCUT2D eigenvalue weighted by atomic mass is 15.1. The second kappa shape index (κ2) is 5.15. The third-order valence-corrected chi connectivity index (χ3v) is 3.73. The Labute approximate surface area is 118 Å². The topological polar surface area (TPSA) is 77.6 Å². The summed E-state index contributed by atoms with van der Waals surface area (Å²) in [5.41, 5.74) is 8.74. The molecule has 5 heteroatoms. The van der Waals surface area contributed by atoms with Gasteiger partial charge >= 0.3 is 0 Å². The van der Waals surface area contributed by atoms with Gasteiger partial charge in [-0.3, -0.25) is 4.98 Å². The SMILES string of the molecule is Cc1cc(-c2nc(N)nc(C3CCCC3)n2)cc(C)n1. The average Bonchev–Trinajstić information content (AvgIpc) is 2.90. The minimum Gasteiger partial charge on any atom is -0.368 e. The maximum Gasteiger partial charge on any atom is 0.223 e. The number of nitrogens with zero attached hydrogens (tertiary/aromatic N) is 4. The molecule has 3 rings (SSSR count). The molecule has 2 aromatic heterocycles. The van der Waals surface area contributed by atoms with E-state index in [0.717, 1.165) is 35.6 Å². The number of nitrogens with two attached hydrogens (primary N) is 1. The van der Waals surface area contributed by atoms with Crippen LogP contribution in [0.5, 0.6) is 0 Å². The number of rotatable bonds is 2. The Bertz CT molecular complexity index is 612. The Morgan fingerprint density at radius 2 is 1.60 bits per heavy atom. The maximum absolute atomic E-state index is 5.86.